The molecule has 3 heteroatoms. The van der Waals surface area contributed by atoms with Gasteiger partial charge in [0.1, 0.15) is 0 Å². The van der Waals surface area contributed by atoms with Crippen LogP contribution in [0.4, 0.5) is 0 Å². The molecule has 12 heavy (non-hydrogen) atoms. The standard InChI is InChI=1S/C9H15NO2/c1-6(2)9(12)7-4-3-5-8(11)10-7/h6-7H,3-5H2,1-2H3,(H,10,11)/t7-/m0/s1. The minimum atomic E-state index is -0.216. The third-order valence-corrected chi connectivity index (χ3v) is 2.14. The number of rotatable bonds is 2. The number of ketones is 1. The molecule has 1 amide bonds. The van der Waals surface area contributed by atoms with E-state index in [9.17, 15) is 9.59 Å². The number of carbonyl (C=O) groups is 2. The molecule has 0 aromatic rings. The molecule has 3 nitrogen and oxygen atoms in total. The van der Waals surface area contributed by atoms with E-state index in [2.05, 4.69) is 5.32 Å². The van der Waals surface area contributed by atoms with Crippen molar-refractivity contribution in [3.05, 3.63) is 0 Å². The first-order chi connectivity index (χ1) is 5.61. The van der Waals surface area contributed by atoms with E-state index in [4.69, 9.17) is 0 Å². The number of carbonyl (C=O) groups excluding carboxylic acids is 2. The molecule has 1 N–H and O–H groups in total. The fourth-order valence-corrected chi connectivity index (χ4v) is 1.42. The number of piperidine rings is 1. The number of hydrogen-bond donors (Lipinski definition) is 1. The second kappa shape index (κ2) is 3.70. The monoisotopic (exact) mass is 169 g/mol. The average molecular weight is 169 g/mol. The summed E-state index contributed by atoms with van der Waals surface area (Å²) < 4.78 is 0. The van der Waals surface area contributed by atoms with Gasteiger partial charge in [-0.1, -0.05) is 13.8 Å². The third-order valence-electron chi connectivity index (χ3n) is 2.14. The minimum absolute atomic E-state index is 0.0141. The topological polar surface area (TPSA) is 46.2 Å². The molecule has 1 aliphatic heterocycles. The lowest BCUT2D eigenvalue weighted by Gasteiger charge is -2.23. The van der Waals surface area contributed by atoms with E-state index in [0.29, 0.717) is 6.42 Å². The number of Topliss-reactive ketones (excluding diaryl/α,β-unsaturated/α-hetero) is 1. The Morgan fingerprint density at radius 2 is 2.25 bits per heavy atom. The highest BCUT2D eigenvalue weighted by Crippen LogP contribution is 2.12. The highest BCUT2D eigenvalue weighted by Gasteiger charge is 2.25. The largest absolute Gasteiger partial charge is 0.346 e. The molecule has 0 radical (unpaired) electrons. The zero-order valence-electron chi connectivity index (χ0n) is 7.59. The number of nitrogens with one attached hydrogen (secondary N) is 1. The summed E-state index contributed by atoms with van der Waals surface area (Å²) in [7, 11) is 0. The Bertz CT molecular complexity index is 199. The summed E-state index contributed by atoms with van der Waals surface area (Å²) in [4.78, 5) is 22.4. The molecule has 0 bridgehead atoms. The average Bonchev–Trinajstić information content (AvgIpc) is 2.03. The maximum absolute atomic E-state index is 11.4. The minimum Gasteiger partial charge on any atom is -0.346 e. The van der Waals surface area contributed by atoms with E-state index in [0.717, 1.165) is 12.8 Å². The van der Waals surface area contributed by atoms with E-state index in [-0.39, 0.29) is 23.7 Å². The quantitative estimate of drug-likeness (QED) is 0.667. The summed E-state index contributed by atoms with van der Waals surface area (Å²) in [6, 6.07) is -0.216. The molecule has 0 saturated carbocycles. The number of amides is 1. The first-order valence-electron chi connectivity index (χ1n) is 4.44. The van der Waals surface area contributed by atoms with Crippen molar-refractivity contribution in [3.63, 3.8) is 0 Å². The fourth-order valence-electron chi connectivity index (χ4n) is 1.42. The van der Waals surface area contributed by atoms with Crippen molar-refractivity contribution in [2.75, 3.05) is 0 Å². The van der Waals surface area contributed by atoms with Crippen LogP contribution in [0.2, 0.25) is 0 Å². The zero-order chi connectivity index (χ0) is 9.14. The van der Waals surface area contributed by atoms with Gasteiger partial charge >= 0.3 is 0 Å². The van der Waals surface area contributed by atoms with Gasteiger partial charge < -0.3 is 5.32 Å². The van der Waals surface area contributed by atoms with Crippen LogP contribution in [0.15, 0.2) is 0 Å². The molecule has 1 atom stereocenters. The van der Waals surface area contributed by atoms with Crippen LogP contribution in [-0.2, 0) is 9.59 Å². The first kappa shape index (κ1) is 9.23. The third kappa shape index (κ3) is 2.06. The molecular formula is C9H15NO2. The van der Waals surface area contributed by atoms with Crippen LogP contribution in [-0.4, -0.2) is 17.7 Å². The van der Waals surface area contributed by atoms with Gasteiger partial charge in [-0.3, -0.25) is 9.59 Å². The summed E-state index contributed by atoms with van der Waals surface area (Å²) >= 11 is 0. The summed E-state index contributed by atoms with van der Waals surface area (Å²) in [5, 5.41) is 2.71. The molecule has 1 fully saturated rings. The van der Waals surface area contributed by atoms with Gasteiger partial charge in [0.15, 0.2) is 5.78 Å². The Morgan fingerprint density at radius 3 is 2.75 bits per heavy atom. The van der Waals surface area contributed by atoms with Gasteiger partial charge in [0.25, 0.3) is 0 Å². The van der Waals surface area contributed by atoms with Crippen molar-refractivity contribution in [2.24, 2.45) is 5.92 Å². The van der Waals surface area contributed by atoms with E-state index in [1.54, 1.807) is 0 Å². The highest BCUT2D eigenvalue weighted by atomic mass is 16.2. The van der Waals surface area contributed by atoms with E-state index in [1.807, 2.05) is 13.8 Å². The second-order valence-electron chi connectivity index (χ2n) is 3.57. The predicted molar refractivity (Wildman–Crippen MR) is 45.6 cm³/mol. The molecule has 0 aromatic heterocycles. The lowest BCUT2D eigenvalue weighted by molar-refractivity contribution is -0.131. The van der Waals surface area contributed by atoms with Crippen molar-refractivity contribution in [2.45, 2.75) is 39.2 Å². The molecule has 1 aliphatic rings. The van der Waals surface area contributed by atoms with Gasteiger partial charge in [-0.05, 0) is 12.8 Å². The smallest absolute Gasteiger partial charge is 0.220 e. The maximum atomic E-state index is 11.4. The van der Waals surface area contributed by atoms with E-state index >= 15 is 0 Å². The second-order valence-corrected chi connectivity index (χ2v) is 3.57. The Hall–Kier alpha value is -0.860. The molecule has 0 spiro atoms. The van der Waals surface area contributed by atoms with Crippen molar-refractivity contribution < 1.29 is 9.59 Å². The Morgan fingerprint density at radius 1 is 1.58 bits per heavy atom. The van der Waals surface area contributed by atoms with Gasteiger partial charge in [0.2, 0.25) is 5.91 Å². The summed E-state index contributed by atoms with van der Waals surface area (Å²) in [5.41, 5.74) is 0. The Balaban J connectivity index is 2.51. The van der Waals surface area contributed by atoms with Crippen LogP contribution in [0.1, 0.15) is 33.1 Å². The predicted octanol–water partition coefficient (Wildman–Crippen LogP) is 0.880. The number of hydrogen-bond acceptors (Lipinski definition) is 2. The van der Waals surface area contributed by atoms with Crippen LogP contribution >= 0.6 is 0 Å². The highest BCUT2D eigenvalue weighted by molar-refractivity contribution is 5.91. The molecule has 68 valence electrons. The summed E-state index contributed by atoms with van der Waals surface area (Å²) in [6.07, 6.45) is 2.22. The molecule has 0 unspecified atom stereocenters. The molecule has 1 heterocycles. The van der Waals surface area contributed by atoms with Crippen molar-refractivity contribution in [1.29, 1.82) is 0 Å². The molecule has 1 saturated heterocycles. The van der Waals surface area contributed by atoms with Gasteiger partial charge in [-0.2, -0.15) is 0 Å². The van der Waals surface area contributed by atoms with Crippen molar-refractivity contribution in [1.82, 2.24) is 5.32 Å². The van der Waals surface area contributed by atoms with Crippen LogP contribution in [0, 0.1) is 5.92 Å². The Kier molecular flexibility index (Phi) is 2.84. The molecular weight excluding hydrogens is 154 g/mol. The molecule has 0 aromatic carbocycles. The van der Waals surface area contributed by atoms with Gasteiger partial charge in [0, 0.05) is 12.3 Å². The molecule has 1 rings (SSSR count). The summed E-state index contributed by atoms with van der Waals surface area (Å²) in [5.74, 6) is 0.191. The van der Waals surface area contributed by atoms with Crippen LogP contribution in [0.25, 0.3) is 0 Å². The Labute approximate surface area is 72.5 Å². The van der Waals surface area contributed by atoms with Gasteiger partial charge in [-0.25, -0.2) is 0 Å². The van der Waals surface area contributed by atoms with Crippen LogP contribution < -0.4 is 5.32 Å². The maximum Gasteiger partial charge on any atom is 0.220 e. The zero-order valence-corrected chi connectivity index (χ0v) is 7.59. The fraction of sp³-hybridized carbons (Fsp3) is 0.778. The normalized spacial score (nSPS) is 23.9. The van der Waals surface area contributed by atoms with Crippen LogP contribution in [0.5, 0.6) is 0 Å². The van der Waals surface area contributed by atoms with Gasteiger partial charge in [-0.15, -0.1) is 0 Å². The SMILES string of the molecule is CC(C)C(=O)[C@@H]1CCCC(=O)N1. The lowest BCUT2D eigenvalue weighted by Crippen LogP contribution is -2.45. The summed E-state index contributed by atoms with van der Waals surface area (Å²) in [6.45, 7) is 3.73. The van der Waals surface area contributed by atoms with E-state index < -0.39 is 0 Å². The van der Waals surface area contributed by atoms with Crippen LogP contribution in [0.3, 0.4) is 0 Å². The molecule has 0 aliphatic carbocycles. The van der Waals surface area contributed by atoms with Crippen molar-refractivity contribution in [3.8, 4) is 0 Å². The van der Waals surface area contributed by atoms with E-state index in [1.165, 1.54) is 0 Å². The first-order valence-corrected chi connectivity index (χ1v) is 4.44. The van der Waals surface area contributed by atoms with Crippen molar-refractivity contribution >= 4 is 11.7 Å². The van der Waals surface area contributed by atoms with Gasteiger partial charge in [0.05, 0.1) is 6.04 Å². The lowest BCUT2D eigenvalue weighted by atomic mass is 9.94.